The molecule has 1 fully saturated rings. The first kappa shape index (κ1) is 12.6. The molecule has 3 nitrogen and oxygen atoms in total. The summed E-state index contributed by atoms with van der Waals surface area (Å²) in [7, 11) is 0. The van der Waals surface area contributed by atoms with E-state index in [-0.39, 0.29) is 5.91 Å². The molecule has 2 aliphatic carbocycles. The highest BCUT2D eigenvalue weighted by Gasteiger charge is 2.21. The number of rotatable bonds is 7. The number of nitrogens with one attached hydrogen (secondary N) is 2. The lowest BCUT2D eigenvalue weighted by Crippen LogP contribution is -2.35. The second kappa shape index (κ2) is 6.80. The van der Waals surface area contributed by atoms with E-state index < -0.39 is 0 Å². The standard InChI is InChI=1S/C14H24N2O/c17-14(16-10-13-6-7-13)11-15-9-8-12-4-2-1-3-5-12/h4,13,15H,1-3,5-11H2,(H,16,17). The van der Waals surface area contributed by atoms with Gasteiger partial charge < -0.3 is 10.6 Å². The van der Waals surface area contributed by atoms with E-state index in [2.05, 4.69) is 16.7 Å². The van der Waals surface area contributed by atoms with Crippen LogP contribution in [0.25, 0.3) is 0 Å². The minimum atomic E-state index is 0.148. The number of carbonyl (C=O) groups is 1. The molecule has 17 heavy (non-hydrogen) atoms. The molecular formula is C14H24N2O. The summed E-state index contributed by atoms with van der Waals surface area (Å²) in [6.45, 7) is 2.29. The third kappa shape index (κ3) is 5.35. The van der Waals surface area contributed by atoms with Crippen molar-refractivity contribution in [1.82, 2.24) is 10.6 Å². The van der Waals surface area contributed by atoms with E-state index in [0.717, 1.165) is 25.4 Å². The van der Waals surface area contributed by atoms with Crippen molar-refractivity contribution in [3.8, 4) is 0 Å². The van der Waals surface area contributed by atoms with Crippen LogP contribution in [-0.4, -0.2) is 25.5 Å². The molecular weight excluding hydrogens is 212 g/mol. The number of amides is 1. The molecule has 0 aromatic carbocycles. The van der Waals surface area contributed by atoms with Crippen molar-refractivity contribution in [2.75, 3.05) is 19.6 Å². The van der Waals surface area contributed by atoms with E-state index in [0.29, 0.717) is 6.54 Å². The Balaban J connectivity index is 1.47. The van der Waals surface area contributed by atoms with Gasteiger partial charge in [-0.05, 0) is 57.4 Å². The van der Waals surface area contributed by atoms with Crippen molar-refractivity contribution in [3.63, 3.8) is 0 Å². The number of carbonyl (C=O) groups excluding carboxylic acids is 1. The Hall–Kier alpha value is -0.830. The Morgan fingerprint density at radius 3 is 2.94 bits per heavy atom. The zero-order valence-electron chi connectivity index (χ0n) is 10.6. The molecule has 0 spiro atoms. The van der Waals surface area contributed by atoms with Gasteiger partial charge in [0.2, 0.25) is 5.91 Å². The molecule has 0 atom stereocenters. The van der Waals surface area contributed by atoms with Gasteiger partial charge in [-0.1, -0.05) is 11.6 Å². The van der Waals surface area contributed by atoms with Crippen LogP contribution in [0.2, 0.25) is 0 Å². The van der Waals surface area contributed by atoms with Crippen LogP contribution in [0.15, 0.2) is 11.6 Å². The summed E-state index contributed by atoms with van der Waals surface area (Å²) in [6, 6.07) is 0. The lowest BCUT2D eigenvalue weighted by molar-refractivity contribution is -0.120. The topological polar surface area (TPSA) is 41.1 Å². The highest BCUT2D eigenvalue weighted by molar-refractivity contribution is 5.77. The summed E-state index contributed by atoms with van der Waals surface area (Å²) < 4.78 is 0. The highest BCUT2D eigenvalue weighted by Crippen LogP contribution is 2.27. The van der Waals surface area contributed by atoms with Crippen LogP contribution in [0.3, 0.4) is 0 Å². The maximum Gasteiger partial charge on any atom is 0.233 e. The molecule has 3 heteroatoms. The van der Waals surface area contributed by atoms with Gasteiger partial charge >= 0.3 is 0 Å². The van der Waals surface area contributed by atoms with Gasteiger partial charge in [-0.25, -0.2) is 0 Å². The SMILES string of the molecule is O=C(CNCCC1=CCCCC1)NCC1CC1. The van der Waals surface area contributed by atoms with Crippen molar-refractivity contribution in [1.29, 1.82) is 0 Å². The van der Waals surface area contributed by atoms with Gasteiger partial charge in [0.15, 0.2) is 0 Å². The van der Waals surface area contributed by atoms with Gasteiger partial charge in [-0.3, -0.25) is 4.79 Å². The molecule has 2 N–H and O–H groups in total. The smallest absolute Gasteiger partial charge is 0.233 e. The number of allylic oxidation sites excluding steroid dienone is 1. The fraction of sp³-hybridized carbons (Fsp3) is 0.786. The first-order valence-electron chi connectivity index (χ1n) is 7.00. The van der Waals surface area contributed by atoms with Crippen LogP contribution in [0, 0.1) is 5.92 Å². The third-order valence-electron chi connectivity index (χ3n) is 3.58. The van der Waals surface area contributed by atoms with E-state index in [1.54, 1.807) is 5.57 Å². The van der Waals surface area contributed by atoms with Crippen LogP contribution >= 0.6 is 0 Å². The first-order chi connectivity index (χ1) is 8.34. The van der Waals surface area contributed by atoms with Gasteiger partial charge in [0.1, 0.15) is 0 Å². The second-order valence-electron chi connectivity index (χ2n) is 5.28. The third-order valence-corrected chi connectivity index (χ3v) is 3.58. The van der Waals surface area contributed by atoms with Crippen molar-refractivity contribution < 1.29 is 4.79 Å². The van der Waals surface area contributed by atoms with E-state index in [4.69, 9.17) is 0 Å². The highest BCUT2D eigenvalue weighted by atomic mass is 16.1. The Labute approximate surface area is 104 Å². The molecule has 2 aliphatic rings. The molecule has 0 radical (unpaired) electrons. The van der Waals surface area contributed by atoms with Crippen LogP contribution in [0.5, 0.6) is 0 Å². The first-order valence-corrected chi connectivity index (χ1v) is 7.00. The minimum absolute atomic E-state index is 0.148. The van der Waals surface area contributed by atoms with Crippen LogP contribution < -0.4 is 10.6 Å². The monoisotopic (exact) mass is 236 g/mol. The Bertz CT molecular complexity index is 282. The molecule has 0 unspecified atom stereocenters. The molecule has 0 aliphatic heterocycles. The average Bonchev–Trinajstić information content (AvgIpc) is 3.17. The van der Waals surface area contributed by atoms with E-state index >= 15 is 0 Å². The molecule has 2 rings (SSSR count). The summed E-state index contributed by atoms with van der Waals surface area (Å²) in [5.74, 6) is 0.917. The lowest BCUT2D eigenvalue weighted by Gasteiger charge is -2.12. The second-order valence-corrected chi connectivity index (χ2v) is 5.28. The number of hydrogen-bond acceptors (Lipinski definition) is 2. The summed E-state index contributed by atoms with van der Waals surface area (Å²) in [4.78, 5) is 11.4. The summed E-state index contributed by atoms with van der Waals surface area (Å²) in [5.41, 5.74) is 1.57. The zero-order chi connectivity index (χ0) is 11.9. The Morgan fingerprint density at radius 2 is 2.24 bits per heavy atom. The fourth-order valence-electron chi connectivity index (χ4n) is 2.23. The summed E-state index contributed by atoms with van der Waals surface area (Å²) in [5, 5.41) is 6.19. The minimum Gasteiger partial charge on any atom is -0.355 e. The Morgan fingerprint density at radius 1 is 1.35 bits per heavy atom. The summed E-state index contributed by atoms with van der Waals surface area (Å²) >= 11 is 0. The van der Waals surface area contributed by atoms with Crippen LogP contribution in [0.1, 0.15) is 44.9 Å². The molecule has 0 bridgehead atoms. The average molecular weight is 236 g/mol. The quantitative estimate of drug-likeness (QED) is 0.524. The maximum absolute atomic E-state index is 11.4. The molecule has 0 aromatic rings. The van der Waals surface area contributed by atoms with E-state index in [9.17, 15) is 4.79 Å². The predicted molar refractivity (Wildman–Crippen MR) is 69.8 cm³/mol. The van der Waals surface area contributed by atoms with Gasteiger partial charge in [0, 0.05) is 6.54 Å². The fourth-order valence-corrected chi connectivity index (χ4v) is 2.23. The van der Waals surface area contributed by atoms with Crippen molar-refractivity contribution in [2.45, 2.75) is 44.9 Å². The van der Waals surface area contributed by atoms with Crippen LogP contribution in [-0.2, 0) is 4.79 Å². The molecule has 0 saturated heterocycles. The molecule has 96 valence electrons. The van der Waals surface area contributed by atoms with Gasteiger partial charge in [-0.15, -0.1) is 0 Å². The molecule has 0 heterocycles. The van der Waals surface area contributed by atoms with Crippen molar-refractivity contribution >= 4 is 5.91 Å². The maximum atomic E-state index is 11.4. The Kier molecular flexibility index (Phi) is 5.05. The zero-order valence-corrected chi connectivity index (χ0v) is 10.6. The van der Waals surface area contributed by atoms with Crippen molar-refractivity contribution in [2.24, 2.45) is 5.92 Å². The summed E-state index contributed by atoms with van der Waals surface area (Å²) in [6.07, 6.45) is 11.3. The van der Waals surface area contributed by atoms with Crippen molar-refractivity contribution in [3.05, 3.63) is 11.6 Å². The van der Waals surface area contributed by atoms with E-state index in [1.165, 1.54) is 38.5 Å². The largest absolute Gasteiger partial charge is 0.355 e. The van der Waals surface area contributed by atoms with E-state index in [1.807, 2.05) is 0 Å². The van der Waals surface area contributed by atoms with Gasteiger partial charge in [0.25, 0.3) is 0 Å². The lowest BCUT2D eigenvalue weighted by atomic mass is 9.97. The van der Waals surface area contributed by atoms with Crippen LogP contribution in [0.4, 0.5) is 0 Å². The predicted octanol–water partition coefficient (Wildman–Crippen LogP) is 1.99. The van der Waals surface area contributed by atoms with Gasteiger partial charge in [0.05, 0.1) is 6.54 Å². The molecule has 1 saturated carbocycles. The molecule has 1 amide bonds. The molecule has 0 aromatic heterocycles. The normalized spacial score (nSPS) is 19.9. The van der Waals surface area contributed by atoms with Gasteiger partial charge in [-0.2, -0.15) is 0 Å². The number of hydrogen-bond donors (Lipinski definition) is 2.